The molecule has 192 valence electrons. The third kappa shape index (κ3) is 4.76. The molecule has 0 saturated carbocycles. The van der Waals surface area contributed by atoms with Crippen LogP contribution in [0.3, 0.4) is 0 Å². The number of aromatic amines is 1. The largest absolute Gasteiger partial charge is 0.328 e. The first kappa shape index (κ1) is 24.8. The Morgan fingerprint density at radius 2 is 2.08 bits per heavy atom. The van der Waals surface area contributed by atoms with Crippen molar-refractivity contribution in [2.24, 2.45) is 0 Å². The van der Waals surface area contributed by atoms with Gasteiger partial charge in [-0.15, -0.1) is 16.4 Å². The van der Waals surface area contributed by atoms with E-state index in [1.54, 1.807) is 29.2 Å². The average Bonchev–Trinajstić information content (AvgIpc) is 3.53. The summed E-state index contributed by atoms with van der Waals surface area (Å²) in [6, 6.07) is 6.61. The topological polar surface area (TPSA) is 149 Å². The van der Waals surface area contributed by atoms with Gasteiger partial charge in [-0.2, -0.15) is 0 Å². The zero-order valence-corrected chi connectivity index (χ0v) is 21.1. The van der Waals surface area contributed by atoms with Crippen LogP contribution in [-0.4, -0.2) is 44.1 Å². The molecule has 0 radical (unpaired) electrons. The van der Waals surface area contributed by atoms with Gasteiger partial charge < -0.3 is 9.88 Å². The number of aryl methyl sites for hydroxylation is 1. The lowest BCUT2D eigenvalue weighted by Gasteiger charge is -2.26. The molecule has 3 aromatic heterocycles. The number of H-pyrrole nitrogens is 1. The van der Waals surface area contributed by atoms with Gasteiger partial charge in [0, 0.05) is 42.0 Å². The molecule has 11 nitrogen and oxygen atoms in total. The first-order valence-electron chi connectivity index (χ1n) is 11.3. The lowest BCUT2D eigenvalue weighted by Crippen LogP contribution is -2.29. The second kappa shape index (κ2) is 9.52. The van der Waals surface area contributed by atoms with Gasteiger partial charge in [0.2, 0.25) is 5.91 Å². The molecule has 0 bridgehead atoms. The van der Waals surface area contributed by atoms with Crippen LogP contribution in [0.25, 0.3) is 11.3 Å². The Hall–Kier alpha value is -3.91. The number of thiophene rings is 1. The zero-order valence-electron chi connectivity index (χ0n) is 19.4. The van der Waals surface area contributed by atoms with Crippen LogP contribution in [0.5, 0.6) is 0 Å². The second-order valence-corrected chi connectivity index (χ2v) is 12.1. The van der Waals surface area contributed by atoms with Crippen molar-refractivity contribution in [3.63, 3.8) is 0 Å². The first-order chi connectivity index (χ1) is 17.6. The molecule has 1 amide bonds. The van der Waals surface area contributed by atoms with Gasteiger partial charge >= 0.3 is 5.69 Å². The van der Waals surface area contributed by atoms with E-state index < -0.39 is 38.1 Å². The number of benzene rings is 1. The number of amides is 1. The summed E-state index contributed by atoms with van der Waals surface area (Å²) in [4.78, 5) is 37.4. The van der Waals surface area contributed by atoms with Crippen molar-refractivity contribution in [2.45, 2.75) is 41.8 Å². The number of hydrogen-bond acceptors (Lipinski definition) is 8. The van der Waals surface area contributed by atoms with Crippen molar-refractivity contribution in [3.05, 3.63) is 80.3 Å². The Bertz CT molecular complexity index is 1720. The van der Waals surface area contributed by atoms with E-state index in [-0.39, 0.29) is 30.3 Å². The molecule has 1 aliphatic heterocycles. The van der Waals surface area contributed by atoms with Gasteiger partial charge in [0.1, 0.15) is 15.7 Å². The molecule has 1 aliphatic rings. The van der Waals surface area contributed by atoms with Crippen molar-refractivity contribution in [1.29, 1.82) is 0 Å². The van der Waals surface area contributed by atoms with E-state index in [4.69, 9.17) is 0 Å². The normalized spacial score (nSPS) is 18.3. The lowest BCUT2D eigenvalue weighted by atomic mass is 10.0. The number of halogens is 1. The average molecular weight is 545 g/mol. The molecule has 0 spiro atoms. The predicted octanol–water partition coefficient (Wildman–Crippen LogP) is 2.18. The Kier molecular flexibility index (Phi) is 6.37. The van der Waals surface area contributed by atoms with Crippen molar-refractivity contribution in [2.75, 3.05) is 5.32 Å². The van der Waals surface area contributed by atoms with Crippen LogP contribution in [0.1, 0.15) is 31.4 Å². The molecule has 0 fully saturated rings. The van der Waals surface area contributed by atoms with Gasteiger partial charge in [-0.1, -0.05) is 5.21 Å². The van der Waals surface area contributed by atoms with Crippen LogP contribution in [0, 0.1) is 5.82 Å². The van der Waals surface area contributed by atoms with Crippen molar-refractivity contribution >= 4 is 32.8 Å². The minimum absolute atomic E-state index is 0.0456. The van der Waals surface area contributed by atoms with Gasteiger partial charge in [0.15, 0.2) is 9.84 Å². The summed E-state index contributed by atoms with van der Waals surface area (Å²) < 4.78 is 43.1. The molecule has 5 rings (SSSR count). The van der Waals surface area contributed by atoms with Crippen LogP contribution in [0.4, 0.5) is 10.1 Å². The molecule has 4 heterocycles. The number of nitrogens with one attached hydrogen (secondary N) is 2. The smallest absolute Gasteiger partial charge is 0.326 e. The molecule has 2 N–H and O–H groups in total. The molecule has 2 atom stereocenters. The van der Waals surface area contributed by atoms with Gasteiger partial charge in [-0.05, 0) is 43.0 Å². The van der Waals surface area contributed by atoms with Gasteiger partial charge in [0.25, 0.3) is 5.56 Å². The van der Waals surface area contributed by atoms with E-state index >= 15 is 0 Å². The number of nitrogens with zero attached hydrogens (tertiary/aromatic N) is 4. The summed E-state index contributed by atoms with van der Waals surface area (Å²) in [6.07, 6.45) is 3.12. The van der Waals surface area contributed by atoms with E-state index in [1.807, 2.05) is 0 Å². The number of fused-ring (bicyclic) bond motifs is 1. The standard InChI is InChI=1S/C23H21FN6O5S2/c1-13-10-19(15-6-9-36-22(15)37(13,34)35)30-12-18(27-28-30)16-11-14(2-3-17(16)24)25-20(31)4-7-29-8-5-21(32)26-23(29)33/h2-3,5-6,8-9,11-13,19H,4,7,10H2,1H3,(H,25,31)(H,26,32,33)/t13-,19-/m0/s1. The maximum atomic E-state index is 14.7. The first-order valence-corrected chi connectivity index (χ1v) is 13.7. The molecule has 14 heteroatoms. The molecule has 0 unspecified atom stereocenters. The van der Waals surface area contributed by atoms with E-state index in [2.05, 4.69) is 20.6 Å². The van der Waals surface area contributed by atoms with Crippen LogP contribution >= 0.6 is 11.3 Å². The minimum atomic E-state index is -3.39. The Labute approximate surface area is 213 Å². The number of rotatable bonds is 6. The van der Waals surface area contributed by atoms with Crippen molar-refractivity contribution in [1.82, 2.24) is 24.5 Å². The Balaban J connectivity index is 1.34. The summed E-state index contributed by atoms with van der Waals surface area (Å²) in [5, 5.41) is 12.0. The Morgan fingerprint density at radius 3 is 2.86 bits per heavy atom. The van der Waals surface area contributed by atoms with E-state index in [0.717, 1.165) is 0 Å². The molecule has 0 saturated heterocycles. The summed E-state index contributed by atoms with van der Waals surface area (Å²) >= 11 is 1.17. The fourth-order valence-corrected chi connectivity index (χ4v) is 7.41. The quantitative estimate of drug-likeness (QED) is 0.378. The highest BCUT2D eigenvalue weighted by Crippen LogP contribution is 2.41. The predicted molar refractivity (Wildman–Crippen MR) is 134 cm³/mol. The highest BCUT2D eigenvalue weighted by atomic mass is 32.2. The summed E-state index contributed by atoms with van der Waals surface area (Å²) in [6.45, 7) is 1.70. The number of aromatic nitrogens is 5. The molecule has 4 aromatic rings. The van der Waals surface area contributed by atoms with E-state index in [1.165, 1.54) is 46.4 Å². The molecular formula is C23H21FN6O5S2. The fraction of sp³-hybridized carbons (Fsp3) is 0.261. The SMILES string of the molecule is C[C@H]1C[C@H](n2cc(-c3cc(NC(=O)CCn4ccc(=O)[nH]c4=O)ccc3F)nn2)c2ccsc2S1(=O)=O. The fourth-order valence-electron chi connectivity index (χ4n) is 4.20. The zero-order chi connectivity index (χ0) is 26.3. The third-order valence-electron chi connectivity index (χ3n) is 6.19. The molecule has 0 aliphatic carbocycles. The van der Waals surface area contributed by atoms with Crippen molar-refractivity contribution < 1.29 is 17.6 Å². The summed E-state index contributed by atoms with van der Waals surface area (Å²) in [7, 11) is -3.39. The Morgan fingerprint density at radius 1 is 1.27 bits per heavy atom. The van der Waals surface area contributed by atoms with Gasteiger partial charge in [-0.25, -0.2) is 22.3 Å². The summed E-state index contributed by atoms with van der Waals surface area (Å²) in [5.74, 6) is -0.984. The maximum Gasteiger partial charge on any atom is 0.328 e. The number of sulfone groups is 1. The van der Waals surface area contributed by atoms with Crippen LogP contribution < -0.4 is 16.6 Å². The maximum absolute atomic E-state index is 14.7. The van der Waals surface area contributed by atoms with Gasteiger partial charge in [-0.3, -0.25) is 14.6 Å². The van der Waals surface area contributed by atoms with E-state index in [0.29, 0.717) is 21.9 Å². The lowest BCUT2D eigenvalue weighted by molar-refractivity contribution is -0.116. The number of hydrogen-bond donors (Lipinski definition) is 2. The van der Waals surface area contributed by atoms with Crippen LogP contribution in [0.2, 0.25) is 0 Å². The number of anilines is 1. The van der Waals surface area contributed by atoms with Crippen molar-refractivity contribution in [3.8, 4) is 11.3 Å². The molecule has 1 aromatic carbocycles. The van der Waals surface area contributed by atoms with Crippen LogP contribution in [0.15, 0.2) is 61.9 Å². The van der Waals surface area contributed by atoms with Gasteiger partial charge in [0.05, 0.1) is 17.5 Å². The minimum Gasteiger partial charge on any atom is -0.326 e. The number of carbonyl (C=O) groups excluding carboxylic acids is 1. The summed E-state index contributed by atoms with van der Waals surface area (Å²) in [5.41, 5.74) is 0.159. The molecule has 37 heavy (non-hydrogen) atoms. The van der Waals surface area contributed by atoms with Crippen LogP contribution in [-0.2, 0) is 21.2 Å². The third-order valence-corrected chi connectivity index (χ3v) is 9.90. The highest BCUT2D eigenvalue weighted by molar-refractivity contribution is 7.94. The second-order valence-electron chi connectivity index (χ2n) is 8.65. The monoisotopic (exact) mass is 544 g/mol. The van der Waals surface area contributed by atoms with E-state index in [9.17, 15) is 27.2 Å². The number of carbonyl (C=O) groups is 1. The molecular weight excluding hydrogens is 523 g/mol. The highest BCUT2D eigenvalue weighted by Gasteiger charge is 2.38.